The summed E-state index contributed by atoms with van der Waals surface area (Å²) >= 11 is 5.88. The molecule has 11 nitrogen and oxygen atoms in total. The molecule has 2 heterocycles. The Morgan fingerprint density at radius 1 is 1.11 bits per heavy atom. The number of hydrogen-bond donors (Lipinski definition) is 2. The highest BCUT2D eigenvalue weighted by Gasteiger charge is 2.29. The average molecular weight is 518 g/mol. The molecule has 0 saturated carbocycles. The summed E-state index contributed by atoms with van der Waals surface area (Å²) in [6.45, 7) is 1.67. The summed E-state index contributed by atoms with van der Waals surface area (Å²) in [6.07, 6.45) is -0.0215. The van der Waals surface area contributed by atoms with E-state index in [1.165, 1.54) is 47.7 Å². The minimum atomic E-state index is -4.13. The molecule has 0 atom stereocenters. The van der Waals surface area contributed by atoms with Crippen LogP contribution < -0.4 is 19.3 Å². The van der Waals surface area contributed by atoms with Gasteiger partial charge in [-0.1, -0.05) is 11.6 Å². The number of nitrogens with one attached hydrogen (secondary N) is 1. The van der Waals surface area contributed by atoms with Gasteiger partial charge in [-0.15, -0.1) is 0 Å². The molecule has 0 bridgehead atoms. The number of benzene rings is 2. The Kier molecular flexibility index (Phi) is 6.52. The van der Waals surface area contributed by atoms with Crippen LogP contribution in [0, 0.1) is 6.92 Å². The number of nitrogens with zero attached hydrogens (tertiary/aromatic N) is 4. The Morgan fingerprint density at radius 2 is 1.71 bits per heavy atom. The number of hydroxylamine groups is 1. The van der Waals surface area contributed by atoms with Crippen molar-refractivity contribution < 1.29 is 27.9 Å². The lowest BCUT2D eigenvalue weighted by Crippen LogP contribution is -2.29. The normalized spacial score (nSPS) is 11.3. The van der Waals surface area contributed by atoms with Gasteiger partial charge in [0, 0.05) is 19.1 Å². The molecular weight excluding hydrogens is 498 g/mol. The van der Waals surface area contributed by atoms with E-state index in [0.29, 0.717) is 33.2 Å². The number of rotatable bonds is 6. The van der Waals surface area contributed by atoms with E-state index in [1.807, 2.05) is 0 Å². The van der Waals surface area contributed by atoms with Gasteiger partial charge >= 0.3 is 6.09 Å². The number of aryl methyl sites for hydroxylation is 2. The third-order valence-corrected chi connectivity index (χ3v) is 7.13. The predicted molar refractivity (Wildman–Crippen MR) is 128 cm³/mol. The number of carbonyl (C=O) groups is 1. The number of amides is 1. The number of ether oxygens (including phenoxy) is 2. The zero-order valence-corrected chi connectivity index (χ0v) is 20.3. The zero-order chi connectivity index (χ0) is 25.3. The number of anilines is 1. The third-order valence-electron chi connectivity index (χ3n) is 5.11. The summed E-state index contributed by atoms with van der Waals surface area (Å²) in [5.74, 6) is 0.776. The van der Waals surface area contributed by atoms with Gasteiger partial charge < -0.3 is 9.47 Å². The van der Waals surface area contributed by atoms with Crippen molar-refractivity contribution in [3.05, 3.63) is 65.4 Å². The lowest BCUT2D eigenvalue weighted by molar-refractivity contribution is 0.127. The number of carbonyl (C=O) groups excluding carboxylic acids is 1. The SMILES string of the molecule is Cc1nn(C)c2ncc(OC(=O)NO)c(N(C)S(=O)(=O)c3ccc(Oc4ccc(Cl)cc4)cc3)c12. The van der Waals surface area contributed by atoms with Crippen LogP contribution in [0.5, 0.6) is 17.2 Å². The molecule has 0 aliphatic heterocycles. The van der Waals surface area contributed by atoms with Gasteiger partial charge in [0.25, 0.3) is 10.0 Å². The Labute approximate surface area is 205 Å². The average Bonchev–Trinajstić information content (AvgIpc) is 3.13. The minimum absolute atomic E-state index is 0.0330. The maximum atomic E-state index is 13.5. The van der Waals surface area contributed by atoms with Gasteiger partial charge in [-0.3, -0.25) is 14.2 Å². The molecular formula is C22H20ClN5O6S. The largest absolute Gasteiger partial charge is 0.457 e. The second-order valence-electron chi connectivity index (χ2n) is 7.38. The second kappa shape index (κ2) is 9.41. The fourth-order valence-electron chi connectivity index (χ4n) is 3.48. The van der Waals surface area contributed by atoms with Gasteiger partial charge in [-0.25, -0.2) is 23.7 Å². The molecule has 4 rings (SSSR count). The summed E-state index contributed by atoms with van der Waals surface area (Å²) in [7, 11) is -1.16. The highest BCUT2D eigenvalue weighted by atomic mass is 35.5. The molecule has 35 heavy (non-hydrogen) atoms. The first kappa shape index (κ1) is 24.3. The molecule has 2 N–H and O–H groups in total. The molecule has 0 saturated heterocycles. The van der Waals surface area contributed by atoms with Gasteiger partial charge in [0.2, 0.25) is 0 Å². The van der Waals surface area contributed by atoms with Gasteiger partial charge in [-0.05, 0) is 55.5 Å². The van der Waals surface area contributed by atoms with Crippen LogP contribution >= 0.6 is 11.6 Å². The van der Waals surface area contributed by atoms with Crippen LogP contribution in [0.4, 0.5) is 10.5 Å². The van der Waals surface area contributed by atoms with Crippen LogP contribution in [-0.2, 0) is 17.1 Å². The Bertz CT molecular complexity index is 1500. The molecule has 0 aliphatic carbocycles. The Hall–Kier alpha value is -3.87. The monoisotopic (exact) mass is 517 g/mol. The van der Waals surface area contributed by atoms with Crippen molar-refractivity contribution >= 4 is 44.4 Å². The summed E-state index contributed by atoms with van der Waals surface area (Å²) in [5, 5.41) is 14.1. The molecule has 182 valence electrons. The summed E-state index contributed by atoms with van der Waals surface area (Å²) < 4.78 is 40.3. The highest BCUT2D eigenvalue weighted by molar-refractivity contribution is 7.92. The van der Waals surface area contributed by atoms with E-state index in [0.717, 1.165) is 4.31 Å². The van der Waals surface area contributed by atoms with Crippen molar-refractivity contribution in [3.63, 3.8) is 0 Å². The maximum Gasteiger partial charge on any atom is 0.436 e. The van der Waals surface area contributed by atoms with Crippen LogP contribution in [-0.4, -0.2) is 41.5 Å². The number of sulfonamides is 1. The smallest absolute Gasteiger partial charge is 0.436 e. The quantitative estimate of drug-likeness (QED) is 0.289. The molecule has 2 aromatic carbocycles. The van der Waals surface area contributed by atoms with Crippen molar-refractivity contribution in [2.75, 3.05) is 11.4 Å². The number of halogens is 1. The van der Waals surface area contributed by atoms with E-state index < -0.39 is 16.1 Å². The second-order valence-corrected chi connectivity index (χ2v) is 9.79. The van der Waals surface area contributed by atoms with Crippen molar-refractivity contribution in [3.8, 4) is 17.2 Å². The van der Waals surface area contributed by atoms with Crippen LogP contribution in [0.25, 0.3) is 11.0 Å². The van der Waals surface area contributed by atoms with Crippen molar-refractivity contribution in [1.29, 1.82) is 0 Å². The first-order valence-electron chi connectivity index (χ1n) is 10.1. The summed E-state index contributed by atoms with van der Waals surface area (Å²) in [6, 6.07) is 12.6. The number of hydrogen-bond acceptors (Lipinski definition) is 8. The van der Waals surface area contributed by atoms with Crippen molar-refractivity contribution in [1.82, 2.24) is 20.2 Å². The summed E-state index contributed by atoms with van der Waals surface area (Å²) in [4.78, 5) is 15.9. The van der Waals surface area contributed by atoms with E-state index in [-0.39, 0.29) is 16.3 Å². The van der Waals surface area contributed by atoms with E-state index in [9.17, 15) is 13.2 Å². The van der Waals surface area contributed by atoms with Gasteiger partial charge in [0.15, 0.2) is 11.4 Å². The predicted octanol–water partition coefficient (Wildman–Crippen LogP) is 4.03. The molecule has 1 amide bonds. The van der Waals surface area contributed by atoms with E-state index in [1.54, 1.807) is 38.2 Å². The molecule has 13 heteroatoms. The first-order valence-corrected chi connectivity index (χ1v) is 11.9. The van der Waals surface area contributed by atoms with Crippen LogP contribution in [0.3, 0.4) is 0 Å². The molecule has 0 spiro atoms. The Balaban J connectivity index is 1.73. The molecule has 0 radical (unpaired) electrons. The summed E-state index contributed by atoms with van der Waals surface area (Å²) in [5.41, 5.74) is 2.23. The van der Waals surface area contributed by atoms with Gasteiger partial charge in [-0.2, -0.15) is 5.10 Å². The fraction of sp³-hybridized carbons (Fsp3) is 0.136. The number of fused-ring (bicyclic) bond motifs is 1. The van der Waals surface area contributed by atoms with Crippen LogP contribution in [0.15, 0.2) is 59.6 Å². The Morgan fingerprint density at radius 3 is 2.31 bits per heavy atom. The molecule has 4 aromatic rings. The molecule has 0 unspecified atom stereocenters. The maximum absolute atomic E-state index is 13.5. The van der Waals surface area contributed by atoms with Crippen LogP contribution in [0.1, 0.15) is 5.69 Å². The fourth-order valence-corrected chi connectivity index (χ4v) is 4.83. The van der Waals surface area contributed by atoms with E-state index in [4.69, 9.17) is 26.3 Å². The minimum Gasteiger partial charge on any atom is -0.457 e. The lowest BCUT2D eigenvalue weighted by atomic mass is 10.2. The van der Waals surface area contributed by atoms with Gasteiger partial charge in [0.05, 0.1) is 22.2 Å². The lowest BCUT2D eigenvalue weighted by Gasteiger charge is -2.22. The van der Waals surface area contributed by atoms with E-state index >= 15 is 0 Å². The van der Waals surface area contributed by atoms with Crippen molar-refractivity contribution in [2.24, 2.45) is 7.05 Å². The van der Waals surface area contributed by atoms with Crippen molar-refractivity contribution in [2.45, 2.75) is 11.8 Å². The third kappa shape index (κ3) is 4.71. The molecule has 0 fully saturated rings. The number of pyridine rings is 1. The van der Waals surface area contributed by atoms with E-state index in [2.05, 4.69) is 10.1 Å². The first-order chi connectivity index (χ1) is 16.6. The zero-order valence-electron chi connectivity index (χ0n) is 18.8. The topological polar surface area (TPSA) is 136 Å². The molecule has 2 aromatic heterocycles. The van der Waals surface area contributed by atoms with Crippen LogP contribution in [0.2, 0.25) is 5.02 Å². The molecule has 0 aliphatic rings. The van der Waals surface area contributed by atoms with Gasteiger partial charge in [0.1, 0.15) is 17.2 Å². The number of aromatic nitrogens is 3. The highest BCUT2D eigenvalue weighted by Crippen LogP contribution is 2.39. The standard InChI is InChI=1S/C22H20ClN5O6S/c1-13-19-20(18(34-22(29)26-30)12-24-21(19)27(2)25-13)28(3)35(31,32)17-10-8-16(9-11-17)33-15-6-4-14(23)5-7-15/h4-12,30H,1-3H3,(H,26,29).